The van der Waals surface area contributed by atoms with E-state index in [1.165, 1.54) is 6.42 Å². The largest absolute Gasteiger partial charge is 0.463 e. The van der Waals surface area contributed by atoms with Crippen LogP contribution in [0.2, 0.25) is 0 Å². The first-order valence-electron chi connectivity index (χ1n) is 7.02. The average Bonchev–Trinajstić information content (AvgIpc) is 2.51. The molecule has 20 heavy (non-hydrogen) atoms. The lowest BCUT2D eigenvalue weighted by molar-refractivity contribution is 0.0246. The molecule has 0 saturated carbocycles. The minimum Gasteiger partial charge on any atom is -0.463 e. The van der Waals surface area contributed by atoms with Gasteiger partial charge in [0.05, 0.1) is 12.7 Å². The molecule has 112 valence electrons. The van der Waals surface area contributed by atoms with Crippen LogP contribution in [0.1, 0.15) is 32.6 Å². The molecule has 0 spiro atoms. The van der Waals surface area contributed by atoms with Gasteiger partial charge in [0.2, 0.25) is 11.9 Å². The molecule has 8 nitrogen and oxygen atoms in total. The van der Waals surface area contributed by atoms with Crippen molar-refractivity contribution in [1.29, 1.82) is 0 Å². The predicted molar refractivity (Wildman–Crippen MR) is 75.5 cm³/mol. The fourth-order valence-corrected chi connectivity index (χ4v) is 1.93. The summed E-state index contributed by atoms with van der Waals surface area (Å²) in [5, 5.41) is 3.14. The van der Waals surface area contributed by atoms with Gasteiger partial charge in [-0.1, -0.05) is 6.92 Å². The Morgan fingerprint density at radius 3 is 2.85 bits per heavy atom. The van der Waals surface area contributed by atoms with Crippen LogP contribution in [0.15, 0.2) is 0 Å². The van der Waals surface area contributed by atoms with Crippen molar-refractivity contribution in [3.63, 3.8) is 0 Å². The second-order valence-corrected chi connectivity index (χ2v) is 4.63. The van der Waals surface area contributed by atoms with E-state index in [2.05, 4.69) is 25.7 Å². The van der Waals surface area contributed by atoms with Crippen LogP contribution in [-0.4, -0.2) is 40.8 Å². The molecule has 0 radical (unpaired) electrons. The zero-order chi connectivity index (χ0) is 14.2. The van der Waals surface area contributed by atoms with E-state index in [4.69, 9.17) is 15.3 Å². The van der Waals surface area contributed by atoms with E-state index in [1.807, 2.05) is 6.92 Å². The minimum atomic E-state index is 0.204. The lowest BCUT2D eigenvalue weighted by Gasteiger charge is -2.22. The van der Waals surface area contributed by atoms with E-state index in [0.29, 0.717) is 19.1 Å². The van der Waals surface area contributed by atoms with Crippen molar-refractivity contribution in [2.75, 3.05) is 30.5 Å². The second-order valence-electron chi connectivity index (χ2n) is 4.63. The third-order valence-corrected chi connectivity index (χ3v) is 2.94. The molecule has 1 saturated heterocycles. The Morgan fingerprint density at radius 1 is 1.30 bits per heavy atom. The highest BCUT2D eigenvalue weighted by atomic mass is 16.5. The van der Waals surface area contributed by atoms with Crippen molar-refractivity contribution in [2.45, 2.75) is 38.7 Å². The first-order chi connectivity index (χ1) is 9.81. The Labute approximate surface area is 118 Å². The molecule has 1 unspecified atom stereocenters. The van der Waals surface area contributed by atoms with Crippen LogP contribution in [0, 0.1) is 0 Å². The number of anilines is 2. The van der Waals surface area contributed by atoms with Gasteiger partial charge in [-0.05, 0) is 25.7 Å². The number of ether oxygens (including phenoxy) is 2. The Balaban J connectivity index is 1.94. The van der Waals surface area contributed by atoms with E-state index in [9.17, 15) is 0 Å². The molecule has 0 bridgehead atoms. The molecule has 1 aliphatic heterocycles. The summed E-state index contributed by atoms with van der Waals surface area (Å²) in [5.41, 5.74) is 2.41. The van der Waals surface area contributed by atoms with E-state index < -0.39 is 0 Å². The zero-order valence-corrected chi connectivity index (χ0v) is 11.8. The van der Waals surface area contributed by atoms with Crippen molar-refractivity contribution in [1.82, 2.24) is 15.0 Å². The summed E-state index contributed by atoms with van der Waals surface area (Å²) in [6, 6.07) is 0.266. The quantitative estimate of drug-likeness (QED) is 0.501. The Hall–Kier alpha value is -1.67. The predicted octanol–water partition coefficient (Wildman–Crippen LogP) is 0.927. The number of nitrogens with zero attached hydrogens (tertiary/aromatic N) is 3. The molecular formula is C12H22N6O2. The lowest BCUT2D eigenvalue weighted by Crippen LogP contribution is -2.27. The molecule has 0 aliphatic carbocycles. The molecule has 4 N–H and O–H groups in total. The van der Waals surface area contributed by atoms with Crippen LogP contribution in [0.5, 0.6) is 6.01 Å². The number of nitrogens with two attached hydrogens (primary N) is 1. The monoisotopic (exact) mass is 282 g/mol. The first kappa shape index (κ1) is 14.7. The maximum absolute atomic E-state index is 5.65. The Kier molecular flexibility index (Phi) is 5.75. The number of nitrogens with one attached hydrogen (secondary N) is 2. The van der Waals surface area contributed by atoms with Crippen LogP contribution in [0.4, 0.5) is 11.9 Å². The molecule has 1 aromatic heterocycles. The van der Waals surface area contributed by atoms with Crippen molar-refractivity contribution >= 4 is 11.9 Å². The van der Waals surface area contributed by atoms with Crippen molar-refractivity contribution in [2.24, 2.45) is 5.84 Å². The third kappa shape index (κ3) is 4.46. The summed E-state index contributed by atoms with van der Waals surface area (Å²) in [4.78, 5) is 12.4. The van der Waals surface area contributed by atoms with E-state index in [1.54, 1.807) is 0 Å². The highest BCUT2D eigenvalue weighted by molar-refractivity contribution is 5.34. The zero-order valence-electron chi connectivity index (χ0n) is 11.8. The van der Waals surface area contributed by atoms with Crippen LogP contribution in [-0.2, 0) is 4.74 Å². The molecule has 0 amide bonds. The van der Waals surface area contributed by atoms with Gasteiger partial charge in [0.1, 0.15) is 0 Å². The third-order valence-electron chi connectivity index (χ3n) is 2.94. The standard InChI is InChI=1S/C12H22N6O2/c1-2-6-20-12-16-10(15-11(17-12)18-13)14-8-9-5-3-4-7-19-9/h9H,2-8,13H2,1H3,(H2,14,15,16,17,18). The Morgan fingerprint density at radius 2 is 2.15 bits per heavy atom. The summed E-state index contributed by atoms with van der Waals surface area (Å²) >= 11 is 0. The number of aromatic nitrogens is 3. The van der Waals surface area contributed by atoms with Gasteiger partial charge in [0.25, 0.3) is 0 Å². The number of hydrazine groups is 1. The van der Waals surface area contributed by atoms with E-state index in [-0.39, 0.29) is 18.1 Å². The van der Waals surface area contributed by atoms with Crippen LogP contribution >= 0.6 is 0 Å². The van der Waals surface area contributed by atoms with Crippen LogP contribution in [0.25, 0.3) is 0 Å². The average molecular weight is 282 g/mol. The molecule has 1 fully saturated rings. The number of nitrogen functional groups attached to an aromatic ring is 1. The van der Waals surface area contributed by atoms with Gasteiger partial charge in [0, 0.05) is 13.2 Å². The summed E-state index contributed by atoms with van der Waals surface area (Å²) in [6.07, 6.45) is 4.48. The van der Waals surface area contributed by atoms with Gasteiger partial charge in [-0.3, -0.25) is 5.43 Å². The molecule has 2 rings (SSSR count). The maximum Gasteiger partial charge on any atom is 0.323 e. The second kappa shape index (κ2) is 7.81. The molecule has 8 heteroatoms. The molecule has 2 heterocycles. The van der Waals surface area contributed by atoms with Gasteiger partial charge in [-0.25, -0.2) is 5.84 Å². The molecule has 1 aliphatic rings. The topological polar surface area (TPSA) is 107 Å². The maximum atomic E-state index is 5.65. The molecule has 0 aromatic carbocycles. The molecule has 1 atom stereocenters. The van der Waals surface area contributed by atoms with Crippen molar-refractivity contribution in [3.8, 4) is 6.01 Å². The number of hydrogen-bond acceptors (Lipinski definition) is 8. The number of hydrogen-bond donors (Lipinski definition) is 3. The van der Waals surface area contributed by atoms with Crippen molar-refractivity contribution in [3.05, 3.63) is 0 Å². The lowest BCUT2D eigenvalue weighted by atomic mass is 10.1. The molecule has 1 aromatic rings. The first-order valence-corrected chi connectivity index (χ1v) is 7.02. The minimum absolute atomic E-state index is 0.204. The van der Waals surface area contributed by atoms with Gasteiger partial charge >= 0.3 is 6.01 Å². The fraction of sp³-hybridized carbons (Fsp3) is 0.750. The normalized spacial score (nSPS) is 18.6. The van der Waals surface area contributed by atoms with Crippen LogP contribution in [0.3, 0.4) is 0 Å². The highest BCUT2D eigenvalue weighted by Gasteiger charge is 2.14. The number of rotatable bonds is 7. The summed E-state index contributed by atoms with van der Waals surface area (Å²) < 4.78 is 11.0. The van der Waals surface area contributed by atoms with Crippen LogP contribution < -0.4 is 21.3 Å². The van der Waals surface area contributed by atoms with E-state index >= 15 is 0 Å². The van der Waals surface area contributed by atoms with Gasteiger partial charge in [-0.15, -0.1) is 0 Å². The molecular weight excluding hydrogens is 260 g/mol. The highest BCUT2D eigenvalue weighted by Crippen LogP contribution is 2.14. The summed E-state index contributed by atoms with van der Waals surface area (Å²) in [5.74, 6) is 6.06. The van der Waals surface area contributed by atoms with Gasteiger partial charge in [-0.2, -0.15) is 15.0 Å². The van der Waals surface area contributed by atoms with Gasteiger partial charge in [0.15, 0.2) is 0 Å². The Bertz CT molecular complexity index is 411. The fourth-order valence-electron chi connectivity index (χ4n) is 1.93. The summed E-state index contributed by atoms with van der Waals surface area (Å²) in [6.45, 7) is 4.06. The SMILES string of the molecule is CCCOc1nc(NN)nc(NCC2CCCCO2)n1. The van der Waals surface area contributed by atoms with Crippen molar-refractivity contribution < 1.29 is 9.47 Å². The van der Waals surface area contributed by atoms with Gasteiger partial charge < -0.3 is 14.8 Å². The smallest absolute Gasteiger partial charge is 0.323 e. The van der Waals surface area contributed by atoms with E-state index in [0.717, 1.165) is 25.9 Å². The summed E-state index contributed by atoms with van der Waals surface area (Å²) in [7, 11) is 0.